The summed E-state index contributed by atoms with van der Waals surface area (Å²) in [7, 11) is 0. The van der Waals surface area contributed by atoms with Crippen molar-refractivity contribution in [1.82, 2.24) is 10.2 Å². The number of aliphatic carboxylic acids is 1. The number of carboxylic acid groups (broad SMARTS) is 1. The van der Waals surface area contributed by atoms with E-state index in [4.69, 9.17) is 14.6 Å². The molecule has 11 heteroatoms. The Hall–Kier alpha value is -3.60. The average Bonchev–Trinajstić information content (AvgIpc) is 3.15. The Morgan fingerprint density at radius 3 is 2.26 bits per heavy atom. The van der Waals surface area contributed by atoms with Crippen LogP contribution in [0, 0.1) is 5.92 Å². The summed E-state index contributed by atoms with van der Waals surface area (Å²) in [5, 5.41) is 11.1. The van der Waals surface area contributed by atoms with E-state index in [1.165, 1.54) is 0 Å². The first-order chi connectivity index (χ1) is 16.7. The second-order valence-corrected chi connectivity index (χ2v) is 8.28. The third kappa shape index (κ3) is 5.24. The Morgan fingerprint density at radius 1 is 1.09 bits per heavy atom. The standard InChI is InChI=1S/C24H23F3N2O6/c25-24(26,27)19(21(30)29-9-10-34-20(12-29)22(31)32)11-28-23(33)35-13-18-16-7-3-1-5-14(16)15-6-2-4-8-17(15)18/h1-8,18-20H,9-13H2,(H,28,33)(H,31,32). The summed E-state index contributed by atoms with van der Waals surface area (Å²) in [6, 6.07) is 15.2. The number of alkyl carbamates (subject to hydrolysis) is 1. The molecule has 2 N–H and O–H groups in total. The lowest BCUT2D eigenvalue weighted by Gasteiger charge is -2.33. The SMILES string of the molecule is O=C(NCC(C(=O)N1CCOC(C(=O)O)C1)C(F)(F)F)OCC1c2ccccc2-c2ccccc21. The monoisotopic (exact) mass is 492 g/mol. The van der Waals surface area contributed by atoms with Gasteiger partial charge in [-0.2, -0.15) is 13.2 Å². The van der Waals surface area contributed by atoms with Gasteiger partial charge < -0.3 is 24.8 Å². The topological polar surface area (TPSA) is 105 Å². The Bertz CT molecular complexity index is 1080. The molecule has 2 aromatic carbocycles. The molecular formula is C24H23F3N2O6. The molecule has 35 heavy (non-hydrogen) atoms. The molecule has 1 fully saturated rings. The van der Waals surface area contributed by atoms with E-state index >= 15 is 0 Å². The van der Waals surface area contributed by atoms with Gasteiger partial charge in [0.1, 0.15) is 6.61 Å². The molecule has 2 amide bonds. The first-order valence-electron chi connectivity index (χ1n) is 11.0. The number of carboxylic acids is 1. The van der Waals surface area contributed by atoms with Crippen molar-refractivity contribution in [2.24, 2.45) is 5.92 Å². The van der Waals surface area contributed by atoms with Crippen LogP contribution in [0.2, 0.25) is 0 Å². The number of carbonyl (C=O) groups excluding carboxylic acids is 2. The van der Waals surface area contributed by atoms with Crippen LogP contribution in [0.25, 0.3) is 11.1 Å². The molecule has 2 aliphatic rings. The molecule has 1 heterocycles. The summed E-state index contributed by atoms with van der Waals surface area (Å²) in [6.07, 6.45) is -7.44. The first-order valence-corrected chi connectivity index (χ1v) is 11.0. The number of nitrogens with zero attached hydrogens (tertiary/aromatic N) is 1. The van der Waals surface area contributed by atoms with Crippen LogP contribution in [0.1, 0.15) is 17.0 Å². The van der Waals surface area contributed by atoms with Crippen molar-refractivity contribution in [2.45, 2.75) is 18.2 Å². The molecule has 0 saturated carbocycles. The molecular weight excluding hydrogens is 469 g/mol. The lowest BCUT2D eigenvalue weighted by Crippen LogP contribution is -2.54. The van der Waals surface area contributed by atoms with Gasteiger partial charge in [0.25, 0.3) is 0 Å². The van der Waals surface area contributed by atoms with Gasteiger partial charge in [-0.05, 0) is 22.3 Å². The van der Waals surface area contributed by atoms with Gasteiger partial charge in [0.15, 0.2) is 12.0 Å². The molecule has 186 valence electrons. The van der Waals surface area contributed by atoms with E-state index in [0.29, 0.717) is 0 Å². The number of carbonyl (C=O) groups is 3. The summed E-state index contributed by atoms with van der Waals surface area (Å²) in [5.74, 6) is -5.51. The van der Waals surface area contributed by atoms with Gasteiger partial charge in [-0.1, -0.05) is 48.5 Å². The molecule has 2 atom stereocenters. The van der Waals surface area contributed by atoms with Gasteiger partial charge in [-0.3, -0.25) is 4.79 Å². The zero-order valence-electron chi connectivity index (χ0n) is 18.5. The van der Waals surface area contributed by atoms with E-state index in [-0.39, 0.29) is 25.7 Å². The number of nitrogens with one attached hydrogen (secondary N) is 1. The van der Waals surface area contributed by atoms with Crippen molar-refractivity contribution >= 4 is 18.0 Å². The number of alkyl halides is 3. The van der Waals surface area contributed by atoms with Gasteiger partial charge in [0, 0.05) is 19.0 Å². The maximum Gasteiger partial charge on any atom is 0.407 e. The van der Waals surface area contributed by atoms with Gasteiger partial charge in [-0.15, -0.1) is 0 Å². The van der Waals surface area contributed by atoms with Crippen LogP contribution in [-0.2, 0) is 19.1 Å². The van der Waals surface area contributed by atoms with Gasteiger partial charge >= 0.3 is 18.2 Å². The molecule has 0 spiro atoms. The normalized spacial score (nSPS) is 18.4. The number of benzene rings is 2. The number of hydrogen-bond donors (Lipinski definition) is 2. The van der Waals surface area contributed by atoms with Crippen LogP contribution >= 0.6 is 0 Å². The Kier molecular flexibility index (Phi) is 6.97. The minimum Gasteiger partial charge on any atom is -0.479 e. The van der Waals surface area contributed by atoms with Crippen molar-refractivity contribution in [3.63, 3.8) is 0 Å². The quantitative estimate of drug-likeness (QED) is 0.643. The zero-order chi connectivity index (χ0) is 25.2. The number of ether oxygens (including phenoxy) is 2. The largest absolute Gasteiger partial charge is 0.479 e. The number of hydrogen-bond acceptors (Lipinski definition) is 5. The van der Waals surface area contributed by atoms with Crippen LogP contribution in [0.4, 0.5) is 18.0 Å². The maximum atomic E-state index is 13.6. The second kappa shape index (κ2) is 9.95. The summed E-state index contributed by atoms with van der Waals surface area (Å²) >= 11 is 0. The highest BCUT2D eigenvalue weighted by molar-refractivity contribution is 5.82. The van der Waals surface area contributed by atoms with Crippen LogP contribution in [0.15, 0.2) is 48.5 Å². The minimum absolute atomic E-state index is 0.0890. The highest BCUT2D eigenvalue weighted by atomic mass is 19.4. The minimum atomic E-state index is -4.95. The molecule has 0 aromatic heterocycles. The van der Waals surface area contributed by atoms with Crippen molar-refractivity contribution in [3.8, 4) is 11.1 Å². The smallest absolute Gasteiger partial charge is 0.407 e. The number of fused-ring (bicyclic) bond motifs is 3. The summed E-state index contributed by atoms with van der Waals surface area (Å²) in [4.78, 5) is 36.7. The summed E-state index contributed by atoms with van der Waals surface area (Å²) in [6.45, 7) is -2.01. The fourth-order valence-electron chi connectivity index (χ4n) is 4.40. The molecule has 0 radical (unpaired) electrons. The number of amides is 2. The number of morpholine rings is 1. The molecule has 8 nitrogen and oxygen atoms in total. The first kappa shape index (κ1) is 24.5. The van der Waals surface area contributed by atoms with E-state index < -0.39 is 49.3 Å². The lowest BCUT2D eigenvalue weighted by molar-refractivity contribution is -0.192. The van der Waals surface area contributed by atoms with E-state index in [1.807, 2.05) is 53.8 Å². The maximum absolute atomic E-state index is 13.6. The van der Waals surface area contributed by atoms with E-state index in [2.05, 4.69) is 0 Å². The van der Waals surface area contributed by atoms with Crippen molar-refractivity contribution in [2.75, 3.05) is 32.8 Å². The highest BCUT2D eigenvalue weighted by Crippen LogP contribution is 2.44. The molecule has 0 bridgehead atoms. The highest BCUT2D eigenvalue weighted by Gasteiger charge is 2.47. The predicted octanol–water partition coefficient (Wildman–Crippen LogP) is 3.02. The number of halogens is 3. The fraction of sp³-hybridized carbons (Fsp3) is 0.375. The molecule has 2 unspecified atom stereocenters. The second-order valence-electron chi connectivity index (χ2n) is 8.28. The van der Waals surface area contributed by atoms with Crippen molar-refractivity contribution in [1.29, 1.82) is 0 Å². The van der Waals surface area contributed by atoms with Crippen LogP contribution in [0.3, 0.4) is 0 Å². The van der Waals surface area contributed by atoms with Crippen molar-refractivity contribution < 1.29 is 42.1 Å². The van der Waals surface area contributed by atoms with Crippen LogP contribution in [-0.4, -0.2) is 73.1 Å². The molecule has 2 aromatic rings. The van der Waals surface area contributed by atoms with Crippen molar-refractivity contribution in [3.05, 3.63) is 59.7 Å². The molecule has 1 aliphatic heterocycles. The van der Waals surface area contributed by atoms with E-state index in [9.17, 15) is 27.6 Å². The van der Waals surface area contributed by atoms with Gasteiger partial charge in [-0.25, -0.2) is 9.59 Å². The fourth-order valence-corrected chi connectivity index (χ4v) is 4.40. The van der Waals surface area contributed by atoms with Crippen LogP contribution in [0.5, 0.6) is 0 Å². The predicted molar refractivity (Wildman–Crippen MR) is 117 cm³/mol. The third-order valence-electron chi connectivity index (χ3n) is 6.14. The Balaban J connectivity index is 1.38. The number of rotatable bonds is 6. The van der Waals surface area contributed by atoms with Gasteiger partial charge in [0.2, 0.25) is 5.91 Å². The summed E-state index contributed by atoms with van der Waals surface area (Å²) < 4.78 is 51.0. The zero-order valence-corrected chi connectivity index (χ0v) is 18.5. The Labute approximate surface area is 198 Å². The van der Waals surface area contributed by atoms with E-state index in [1.54, 1.807) is 0 Å². The molecule has 1 saturated heterocycles. The lowest BCUT2D eigenvalue weighted by atomic mass is 9.98. The van der Waals surface area contributed by atoms with E-state index in [0.717, 1.165) is 27.2 Å². The van der Waals surface area contributed by atoms with Gasteiger partial charge in [0.05, 0.1) is 13.2 Å². The molecule has 1 aliphatic carbocycles. The molecule has 4 rings (SSSR count). The summed E-state index contributed by atoms with van der Waals surface area (Å²) in [5.41, 5.74) is 3.91. The Morgan fingerprint density at radius 2 is 1.69 bits per heavy atom. The van der Waals surface area contributed by atoms with Crippen LogP contribution < -0.4 is 5.32 Å². The average molecular weight is 492 g/mol. The third-order valence-corrected chi connectivity index (χ3v) is 6.14.